The first kappa shape index (κ1) is 19.3. The molecule has 3 rings (SSSR count). The molecule has 1 amide bonds. The zero-order valence-corrected chi connectivity index (χ0v) is 16.1. The zero-order chi connectivity index (χ0) is 20.3. The van der Waals surface area contributed by atoms with E-state index in [-0.39, 0.29) is 5.82 Å². The van der Waals surface area contributed by atoms with Gasteiger partial charge in [-0.15, -0.1) is 5.11 Å². The lowest BCUT2D eigenvalue weighted by atomic mass is 10.1. The van der Waals surface area contributed by atoms with E-state index in [0.29, 0.717) is 29.8 Å². The van der Waals surface area contributed by atoms with Gasteiger partial charge in [0.25, 0.3) is 0 Å². The quantitative estimate of drug-likeness (QED) is 0.621. The summed E-state index contributed by atoms with van der Waals surface area (Å²) < 4.78 is 17.6. The first-order valence-corrected chi connectivity index (χ1v) is 8.61. The predicted molar refractivity (Wildman–Crippen MR) is 99.8 cm³/mol. The molecule has 0 unspecified atom stereocenters. The Bertz CT molecular complexity index is 1000. The molecule has 0 saturated heterocycles. The second-order valence-electron chi connectivity index (χ2n) is 7.19. The van der Waals surface area contributed by atoms with Crippen molar-refractivity contribution in [3.63, 3.8) is 0 Å². The highest BCUT2D eigenvalue weighted by atomic mass is 16.6. The maximum Gasteiger partial charge on any atom is 0.407 e. The number of carbonyl (C=O) groups is 1. The molecule has 1 aromatic carbocycles. The van der Waals surface area contributed by atoms with Gasteiger partial charge < -0.3 is 19.3 Å². The van der Waals surface area contributed by atoms with Crippen LogP contribution in [-0.4, -0.2) is 33.7 Å². The fourth-order valence-corrected chi connectivity index (χ4v) is 2.66. The van der Waals surface area contributed by atoms with Crippen LogP contribution in [0.5, 0.6) is 5.75 Å². The molecule has 148 valence electrons. The van der Waals surface area contributed by atoms with E-state index >= 15 is 0 Å². The summed E-state index contributed by atoms with van der Waals surface area (Å²) in [6.45, 7) is 6.21. The van der Waals surface area contributed by atoms with Crippen LogP contribution in [0.15, 0.2) is 34.2 Å². The lowest BCUT2D eigenvalue weighted by molar-refractivity contribution is 0.0523. The van der Waals surface area contributed by atoms with Crippen molar-refractivity contribution in [2.45, 2.75) is 39.5 Å². The highest BCUT2D eigenvalue weighted by molar-refractivity contribution is 5.92. The Morgan fingerprint density at radius 3 is 2.82 bits per heavy atom. The van der Waals surface area contributed by atoms with Crippen molar-refractivity contribution in [2.24, 2.45) is 5.11 Å². The van der Waals surface area contributed by atoms with E-state index in [4.69, 9.17) is 19.5 Å². The van der Waals surface area contributed by atoms with Gasteiger partial charge in [0, 0.05) is 18.3 Å². The third-order valence-corrected chi connectivity index (χ3v) is 3.77. The summed E-state index contributed by atoms with van der Waals surface area (Å²) in [4.78, 5) is 11.7. The molecule has 0 bridgehead atoms. The number of alkyl carbamates (subject to hydrolysis) is 1. The van der Waals surface area contributed by atoms with Crippen molar-refractivity contribution in [1.29, 1.82) is 5.53 Å². The largest absolute Gasteiger partial charge is 0.496 e. The van der Waals surface area contributed by atoms with Gasteiger partial charge in [-0.1, -0.05) is 5.16 Å². The molecule has 10 heteroatoms. The molecule has 0 aliphatic carbocycles. The minimum atomic E-state index is -0.542. The molecule has 28 heavy (non-hydrogen) atoms. The van der Waals surface area contributed by atoms with Crippen molar-refractivity contribution in [3.05, 3.63) is 35.7 Å². The van der Waals surface area contributed by atoms with Crippen molar-refractivity contribution >= 4 is 22.9 Å². The number of rotatable bonds is 6. The second-order valence-corrected chi connectivity index (χ2v) is 7.19. The number of hydrogen-bond acceptors (Lipinski definition) is 8. The van der Waals surface area contributed by atoms with Gasteiger partial charge in [-0.25, -0.2) is 10.3 Å². The summed E-state index contributed by atoms with van der Waals surface area (Å²) in [7, 11) is 1.54. The Kier molecular flexibility index (Phi) is 5.30. The van der Waals surface area contributed by atoms with Crippen molar-refractivity contribution in [1.82, 2.24) is 20.3 Å². The lowest BCUT2D eigenvalue weighted by Gasteiger charge is -2.19. The summed E-state index contributed by atoms with van der Waals surface area (Å²) in [5.41, 5.74) is 8.83. The molecule has 0 saturated carbocycles. The van der Waals surface area contributed by atoms with Crippen LogP contribution in [0.3, 0.4) is 0 Å². The molecule has 0 radical (unpaired) electrons. The number of nitrogens with zero attached hydrogens (tertiary/aromatic N) is 4. The number of benzene rings is 1. The number of aromatic nitrogens is 3. The van der Waals surface area contributed by atoms with E-state index in [2.05, 4.69) is 20.7 Å². The topological polar surface area (TPSA) is 128 Å². The Labute approximate surface area is 161 Å². The van der Waals surface area contributed by atoms with E-state index in [1.54, 1.807) is 16.9 Å². The zero-order valence-electron chi connectivity index (χ0n) is 16.1. The van der Waals surface area contributed by atoms with Crippen LogP contribution in [0, 0.1) is 5.53 Å². The van der Waals surface area contributed by atoms with Crippen LogP contribution < -0.4 is 10.1 Å². The molecule has 0 atom stereocenters. The highest BCUT2D eigenvalue weighted by Crippen LogP contribution is 2.35. The summed E-state index contributed by atoms with van der Waals surface area (Å²) in [6, 6.07) is 3.63. The molecular weight excluding hydrogens is 364 g/mol. The Hall–Kier alpha value is -3.43. The molecule has 10 nitrogen and oxygen atoms in total. The summed E-state index contributed by atoms with van der Waals surface area (Å²) in [5, 5.41) is 14.7. The normalized spacial score (nSPS) is 11.4. The number of fused-ring (bicyclic) bond motifs is 1. The van der Waals surface area contributed by atoms with Crippen LogP contribution in [0.25, 0.3) is 11.0 Å². The molecule has 0 spiro atoms. The van der Waals surface area contributed by atoms with Gasteiger partial charge in [0.2, 0.25) is 5.82 Å². The minimum absolute atomic E-state index is 0.174. The van der Waals surface area contributed by atoms with Crippen molar-refractivity contribution in [3.8, 4) is 5.75 Å². The molecule has 2 N–H and O–H groups in total. The fourth-order valence-electron chi connectivity index (χ4n) is 2.66. The van der Waals surface area contributed by atoms with Crippen LogP contribution in [-0.2, 0) is 17.8 Å². The SMILES string of the molecule is COc1cc(Cn2cc(CNC(=O)OC(C)(C)C)cn2)cc2onc(N=N)c12. The van der Waals surface area contributed by atoms with Crippen molar-refractivity contribution in [2.75, 3.05) is 7.11 Å². The van der Waals surface area contributed by atoms with Gasteiger partial charge in [0.15, 0.2) is 5.58 Å². The van der Waals surface area contributed by atoms with E-state index < -0.39 is 11.7 Å². The standard InChI is InChI=1S/C18H22N6O4/c1-18(2,3)27-17(25)20-7-12-8-21-24(10-12)9-11-5-13(26-4)15-14(6-11)28-23-16(15)22-19/h5-6,8,10,19H,7,9H2,1-4H3,(H,20,25). The average molecular weight is 386 g/mol. The minimum Gasteiger partial charge on any atom is -0.496 e. The monoisotopic (exact) mass is 386 g/mol. The lowest BCUT2D eigenvalue weighted by Crippen LogP contribution is -2.32. The third kappa shape index (κ3) is 4.45. The van der Waals surface area contributed by atoms with Gasteiger partial charge >= 0.3 is 6.09 Å². The van der Waals surface area contributed by atoms with Gasteiger partial charge in [0.1, 0.15) is 16.7 Å². The number of hydrogen-bond donors (Lipinski definition) is 2. The van der Waals surface area contributed by atoms with Gasteiger partial charge in [0.05, 0.1) is 19.9 Å². The summed E-state index contributed by atoms with van der Waals surface area (Å²) in [5.74, 6) is 0.701. The van der Waals surface area contributed by atoms with Gasteiger partial charge in [-0.2, -0.15) is 5.10 Å². The number of amides is 1. The van der Waals surface area contributed by atoms with Gasteiger partial charge in [-0.3, -0.25) is 4.68 Å². The van der Waals surface area contributed by atoms with Crippen LogP contribution >= 0.6 is 0 Å². The fraction of sp³-hybridized carbons (Fsp3) is 0.389. The number of ether oxygens (including phenoxy) is 2. The number of carbonyl (C=O) groups excluding carboxylic acids is 1. The first-order valence-electron chi connectivity index (χ1n) is 8.61. The number of methoxy groups -OCH3 is 1. The molecule has 2 aromatic heterocycles. The maximum absolute atomic E-state index is 11.7. The maximum atomic E-state index is 11.7. The van der Waals surface area contributed by atoms with E-state index in [1.165, 1.54) is 7.11 Å². The third-order valence-electron chi connectivity index (χ3n) is 3.77. The highest BCUT2D eigenvalue weighted by Gasteiger charge is 2.17. The number of nitrogens with one attached hydrogen (secondary N) is 2. The Morgan fingerprint density at radius 2 is 2.14 bits per heavy atom. The Morgan fingerprint density at radius 1 is 1.36 bits per heavy atom. The van der Waals surface area contributed by atoms with Crippen molar-refractivity contribution < 1.29 is 18.8 Å². The molecule has 0 aliphatic rings. The van der Waals surface area contributed by atoms with E-state index in [1.807, 2.05) is 33.0 Å². The van der Waals surface area contributed by atoms with Crippen LogP contribution in [0.1, 0.15) is 31.9 Å². The second kappa shape index (κ2) is 7.67. The molecule has 0 fully saturated rings. The summed E-state index contributed by atoms with van der Waals surface area (Å²) >= 11 is 0. The Balaban J connectivity index is 1.70. The van der Waals surface area contributed by atoms with Gasteiger partial charge in [-0.05, 0) is 38.5 Å². The summed E-state index contributed by atoms with van der Waals surface area (Å²) in [6.07, 6.45) is 3.04. The molecule has 3 aromatic rings. The molecule has 0 aliphatic heterocycles. The predicted octanol–water partition coefficient (Wildman–Crippen LogP) is 3.77. The smallest absolute Gasteiger partial charge is 0.407 e. The molecular formula is C18H22N6O4. The van der Waals surface area contributed by atoms with Crippen LogP contribution in [0.2, 0.25) is 0 Å². The van der Waals surface area contributed by atoms with E-state index in [9.17, 15) is 4.79 Å². The van der Waals surface area contributed by atoms with E-state index in [0.717, 1.165) is 11.1 Å². The van der Waals surface area contributed by atoms with Crippen LogP contribution in [0.4, 0.5) is 10.6 Å². The first-order chi connectivity index (χ1) is 13.3. The molecule has 2 heterocycles. The average Bonchev–Trinajstić information content (AvgIpc) is 3.24.